The molecule has 1 unspecified atom stereocenters. The van der Waals surface area contributed by atoms with Gasteiger partial charge in [0.15, 0.2) is 0 Å². The number of hydrogen-bond donors (Lipinski definition) is 0. The zero-order chi connectivity index (χ0) is 23.7. The summed E-state index contributed by atoms with van der Waals surface area (Å²) in [7, 11) is 0. The van der Waals surface area contributed by atoms with Crippen LogP contribution in [0, 0.1) is 6.92 Å². The van der Waals surface area contributed by atoms with Crippen molar-refractivity contribution in [2.24, 2.45) is 0 Å². The third-order valence-electron chi connectivity index (χ3n) is 7.07. The summed E-state index contributed by atoms with van der Waals surface area (Å²) >= 11 is 0. The molecule has 172 valence electrons. The van der Waals surface area contributed by atoms with Crippen LogP contribution >= 0.6 is 0 Å². The molecular formula is C28H27N3O3. The van der Waals surface area contributed by atoms with Crippen LogP contribution in [0.2, 0.25) is 0 Å². The Bertz CT molecular complexity index is 1260. The van der Waals surface area contributed by atoms with Gasteiger partial charge >= 0.3 is 0 Å². The van der Waals surface area contributed by atoms with E-state index in [0.717, 1.165) is 28.7 Å². The summed E-state index contributed by atoms with van der Waals surface area (Å²) in [6, 6.07) is 19.4. The normalized spacial score (nSPS) is 19.9. The molecule has 1 atom stereocenters. The molecule has 1 aromatic heterocycles. The minimum absolute atomic E-state index is 0.00683. The molecule has 3 aromatic rings. The zero-order valence-electron chi connectivity index (χ0n) is 19.2. The molecule has 6 heteroatoms. The topological polar surface area (TPSA) is 70.6 Å². The maximum absolute atomic E-state index is 13.9. The number of fused-ring (bicyclic) bond motifs is 1. The number of carbonyl (C=O) groups excluding carboxylic acids is 3. The summed E-state index contributed by atoms with van der Waals surface area (Å²) in [5, 5.41) is 0. The minimum atomic E-state index is -1.20. The minimum Gasteiger partial charge on any atom is -0.338 e. The molecule has 2 aliphatic heterocycles. The maximum atomic E-state index is 13.9. The Morgan fingerprint density at radius 2 is 1.76 bits per heavy atom. The fraction of sp³-hybridized carbons (Fsp3) is 0.286. The molecule has 2 aliphatic rings. The Morgan fingerprint density at radius 1 is 1.00 bits per heavy atom. The SMILES string of the molecule is Cc1ccccc1C1(CC(=O)N2CCc3ccccc3C2)CC(=O)N(Cc2cccnc2)C1=O. The van der Waals surface area contributed by atoms with Crippen molar-refractivity contribution in [2.75, 3.05) is 6.54 Å². The van der Waals surface area contributed by atoms with Gasteiger partial charge in [0, 0.05) is 38.3 Å². The fourth-order valence-electron chi connectivity index (χ4n) is 5.27. The van der Waals surface area contributed by atoms with Crippen LogP contribution in [0.4, 0.5) is 0 Å². The Balaban J connectivity index is 1.47. The van der Waals surface area contributed by atoms with Crippen molar-refractivity contribution in [1.82, 2.24) is 14.8 Å². The third-order valence-corrected chi connectivity index (χ3v) is 7.07. The largest absolute Gasteiger partial charge is 0.338 e. The van der Waals surface area contributed by atoms with E-state index in [2.05, 4.69) is 11.1 Å². The van der Waals surface area contributed by atoms with Crippen molar-refractivity contribution in [2.45, 2.75) is 44.7 Å². The van der Waals surface area contributed by atoms with Crippen LogP contribution in [0.5, 0.6) is 0 Å². The highest BCUT2D eigenvalue weighted by molar-refractivity contribution is 6.10. The van der Waals surface area contributed by atoms with Crippen molar-refractivity contribution in [1.29, 1.82) is 0 Å². The van der Waals surface area contributed by atoms with Gasteiger partial charge in [-0.2, -0.15) is 0 Å². The molecule has 5 rings (SSSR count). The first kappa shape index (κ1) is 22.0. The lowest BCUT2D eigenvalue weighted by atomic mass is 9.73. The molecule has 0 aliphatic carbocycles. The standard InChI is InChI=1S/C28H27N3O3/c1-20-7-2-5-11-24(20)28(15-25(32)30-14-12-22-9-3-4-10-23(22)19-30)16-26(33)31(27(28)34)18-21-8-6-13-29-17-21/h2-11,13,17H,12,14-16,18-19H2,1H3. The predicted molar refractivity (Wildman–Crippen MR) is 127 cm³/mol. The lowest BCUT2D eigenvalue weighted by molar-refractivity contribution is -0.143. The second-order valence-electron chi connectivity index (χ2n) is 9.23. The van der Waals surface area contributed by atoms with Gasteiger partial charge in [0.25, 0.3) is 0 Å². The van der Waals surface area contributed by atoms with Gasteiger partial charge in [-0.1, -0.05) is 54.6 Å². The number of benzene rings is 2. The van der Waals surface area contributed by atoms with Gasteiger partial charge < -0.3 is 4.90 Å². The molecule has 1 saturated heterocycles. The number of rotatable bonds is 5. The quantitative estimate of drug-likeness (QED) is 0.554. The van der Waals surface area contributed by atoms with Gasteiger partial charge in [-0.25, -0.2) is 0 Å². The van der Waals surface area contributed by atoms with E-state index in [9.17, 15) is 14.4 Å². The van der Waals surface area contributed by atoms with Crippen LogP contribution in [0.3, 0.4) is 0 Å². The number of nitrogens with zero attached hydrogens (tertiary/aromatic N) is 3. The average Bonchev–Trinajstić information content (AvgIpc) is 3.09. The molecule has 3 heterocycles. The predicted octanol–water partition coefficient (Wildman–Crippen LogP) is 3.56. The summed E-state index contributed by atoms with van der Waals surface area (Å²) in [4.78, 5) is 47.9. The molecule has 1 fully saturated rings. The van der Waals surface area contributed by atoms with Gasteiger partial charge in [0.2, 0.25) is 17.7 Å². The molecule has 0 radical (unpaired) electrons. The summed E-state index contributed by atoms with van der Waals surface area (Å²) in [5.74, 6) is -0.655. The van der Waals surface area contributed by atoms with Crippen molar-refractivity contribution in [3.05, 3.63) is 101 Å². The van der Waals surface area contributed by atoms with E-state index in [1.807, 2.05) is 60.4 Å². The molecule has 0 N–H and O–H groups in total. The molecule has 2 aromatic carbocycles. The lowest BCUT2D eigenvalue weighted by Crippen LogP contribution is -2.44. The smallest absolute Gasteiger partial charge is 0.241 e. The highest BCUT2D eigenvalue weighted by Crippen LogP contribution is 2.42. The Hall–Kier alpha value is -3.80. The monoisotopic (exact) mass is 453 g/mol. The second kappa shape index (κ2) is 8.86. The average molecular weight is 454 g/mol. The Morgan fingerprint density at radius 3 is 2.53 bits per heavy atom. The molecule has 0 spiro atoms. The van der Waals surface area contributed by atoms with Gasteiger partial charge in [0.05, 0.1) is 12.0 Å². The van der Waals surface area contributed by atoms with Gasteiger partial charge in [-0.3, -0.25) is 24.3 Å². The first-order valence-electron chi connectivity index (χ1n) is 11.6. The van der Waals surface area contributed by atoms with Crippen LogP contribution in [0.1, 0.15) is 40.7 Å². The number of aromatic nitrogens is 1. The number of likely N-dealkylation sites (tertiary alicyclic amines) is 1. The first-order valence-corrected chi connectivity index (χ1v) is 11.6. The Kier molecular flexibility index (Phi) is 5.74. The van der Waals surface area contributed by atoms with E-state index in [-0.39, 0.29) is 37.1 Å². The highest BCUT2D eigenvalue weighted by Gasteiger charge is 2.54. The lowest BCUT2D eigenvalue weighted by Gasteiger charge is -2.34. The second-order valence-corrected chi connectivity index (χ2v) is 9.23. The van der Waals surface area contributed by atoms with Crippen molar-refractivity contribution in [3.63, 3.8) is 0 Å². The van der Waals surface area contributed by atoms with Gasteiger partial charge in [-0.05, 0) is 47.2 Å². The summed E-state index contributed by atoms with van der Waals surface area (Å²) in [6.45, 7) is 3.23. The molecule has 0 saturated carbocycles. The van der Waals surface area contributed by atoms with E-state index < -0.39 is 5.41 Å². The summed E-state index contributed by atoms with van der Waals surface area (Å²) in [6.07, 6.45) is 4.08. The van der Waals surface area contributed by atoms with Crippen LogP contribution < -0.4 is 0 Å². The number of pyridine rings is 1. The van der Waals surface area contributed by atoms with Crippen molar-refractivity contribution < 1.29 is 14.4 Å². The number of carbonyl (C=O) groups is 3. The van der Waals surface area contributed by atoms with E-state index in [0.29, 0.717) is 13.1 Å². The maximum Gasteiger partial charge on any atom is 0.241 e. The number of imide groups is 1. The van der Waals surface area contributed by atoms with E-state index >= 15 is 0 Å². The fourth-order valence-corrected chi connectivity index (χ4v) is 5.27. The van der Waals surface area contributed by atoms with Crippen molar-refractivity contribution in [3.8, 4) is 0 Å². The zero-order valence-corrected chi connectivity index (χ0v) is 19.2. The summed E-state index contributed by atoms with van der Waals surface area (Å²) in [5.41, 5.74) is 3.65. The highest BCUT2D eigenvalue weighted by atomic mass is 16.2. The number of amides is 3. The van der Waals surface area contributed by atoms with E-state index in [4.69, 9.17) is 0 Å². The van der Waals surface area contributed by atoms with E-state index in [1.54, 1.807) is 18.5 Å². The van der Waals surface area contributed by atoms with Crippen LogP contribution in [-0.4, -0.2) is 39.1 Å². The van der Waals surface area contributed by atoms with Crippen LogP contribution in [0.25, 0.3) is 0 Å². The van der Waals surface area contributed by atoms with Gasteiger partial charge in [-0.15, -0.1) is 0 Å². The first-order chi connectivity index (χ1) is 16.5. The molecular weight excluding hydrogens is 426 g/mol. The molecule has 6 nitrogen and oxygen atoms in total. The van der Waals surface area contributed by atoms with Gasteiger partial charge in [0.1, 0.15) is 0 Å². The van der Waals surface area contributed by atoms with Crippen LogP contribution in [0.15, 0.2) is 73.1 Å². The van der Waals surface area contributed by atoms with Crippen molar-refractivity contribution >= 4 is 17.7 Å². The molecule has 0 bridgehead atoms. The number of aryl methyl sites for hydroxylation is 1. The molecule has 3 amide bonds. The number of hydrogen-bond acceptors (Lipinski definition) is 4. The third kappa shape index (κ3) is 3.89. The summed E-state index contributed by atoms with van der Waals surface area (Å²) < 4.78 is 0. The van der Waals surface area contributed by atoms with E-state index in [1.165, 1.54) is 10.5 Å². The molecule has 34 heavy (non-hydrogen) atoms. The van der Waals surface area contributed by atoms with Crippen LogP contribution in [-0.2, 0) is 39.3 Å². The Labute approximate surface area is 199 Å².